The summed E-state index contributed by atoms with van der Waals surface area (Å²) in [6.45, 7) is 0. The highest BCUT2D eigenvalue weighted by Crippen LogP contribution is 2.17. The Morgan fingerprint density at radius 2 is 0.875 bits per heavy atom. The van der Waals surface area contributed by atoms with Crippen LogP contribution in [-0.2, 0) is 0 Å². The Balaban J connectivity index is 2.43. The molecule has 0 saturated carbocycles. The number of benzene rings is 2. The molecule has 0 heterocycles. The molecule has 0 spiro atoms. The first-order valence-corrected chi connectivity index (χ1v) is 5.15. The van der Waals surface area contributed by atoms with Crippen LogP contribution in [0.2, 0.25) is 0 Å². The average Bonchev–Trinajstić information content (AvgIpc) is 2.39. The van der Waals surface area contributed by atoms with Gasteiger partial charge in [0.05, 0.1) is 11.4 Å². The molecule has 0 unspecified atom stereocenters. The predicted molar refractivity (Wildman–Crippen MR) is 68.1 cm³/mol. The third-order valence-electron chi connectivity index (χ3n) is 2.46. The third kappa shape index (κ3) is 2.06. The first-order chi connectivity index (χ1) is 7.79. The molecule has 80 valence electrons. The Hall–Kier alpha value is -2.22. The molecule has 16 heavy (non-hydrogen) atoms. The van der Waals surface area contributed by atoms with Gasteiger partial charge in [-0.25, -0.2) is 0 Å². The summed E-state index contributed by atoms with van der Waals surface area (Å²) in [5.74, 6) is 0. The Morgan fingerprint density at radius 1 is 0.562 bits per heavy atom. The van der Waals surface area contributed by atoms with Crippen LogP contribution >= 0.6 is 0 Å². The summed E-state index contributed by atoms with van der Waals surface area (Å²) in [4.78, 5) is 0. The van der Waals surface area contributed by atoms with Crippen molar-refractivity contribution in [3.05, 3.63) is 71.8 Å². The standard InChI is InChI=1S/C14H14N2/c15-13(11-7-3-1-4-8-11)14(16)12-9-5-2-6-10-12/h1-10H,15-16H2/b14-13-. The van der Waals surface area contributed by atoms with Crippen molar-refractivity contribution in [3.63, 3.8) is 0 Å². The van der Waals surface area contributed by atoms with Gasteiger partial charge >= 0.3 is 0 Å². The maximum Gasteiger partial charge on any atom is 0.0627 e. The minimum Gasteiger partial charge on any atom is -0.397 e. The fourth-order valence-corrected chi connectivity index (χ4v) is 1.55. The van der Waals surface area contributed by atoms with Crippen molar-refractivity contribution in [2.45, 2.75) is 0 Å². The quantitative estimate of drug-likeness (QED) is 0.748. The Kier molecular flexibility index (Phi) is 2.92. The topological polar surface area (TPSA) is 52.0 Å². The molecule has 0 fully saturated rings. The summed E-state index contributed by atoms with van der Waals surface area (Å²) in [6.07, 6.45) is 0. The lowest BCUT2D eigenvalue weighted by atomic mass is 10.1. The molecule has 0 aliphatic rings. The second-order valence-electron chi connectivity index (χ2n) is 3.56. The van der Waals surface area contributed by atoms with Crippen LogP contribution in [0.15, 0.2) is 60.7 Å². The fourth-order valence-electron chi connectivity index (χ4n) is 1.55. The van der Waals surface area contributed by atoms with Crippen molar-refractivity contribution >= 4 is 11.4 Å². The van der Waals surface area contributed by atoms with E-state index in [1.165, 1.54) is 0 Å². The summed E-state index contributed by atoms with van der Waals surface area (Å²) >= 11 is 0. The molecule has 0 aliphatic carbocycles. The molecule has 0 saturated heterocycles. The van der Waals surface area contributed by atoms with E-state index in [9.17, 15) is 0 Å². The monoisotopic (exact) mass is 210 g/mol. The molecular formula is C14H14N2. The van der Waals surface area contributed by atoms with Crippen molar-refractivity contribution in [1.82, 2.24) is 0 Å². The largest absolute Gasteiger partial charge is 0.397 e. The molecular weight excluding hydrogens is 196 g/mol. The lowest BCUT2D eigenvalue weighted by Crippen LogP contribution is -2.07. The van der Waals surface area contributed by atoms with E-state index in [0.717, 1.165) is 11.1 Å². The molecule has 0 amide bonds. The highest BCUT2D eigenvalue weighted by Gasteiger charge is 2.03. The highest BCUT2D eigenvalue weighted by molar-refractivity contribution is 5.87. The van der Waals surface area contributed by atoms with E-state index in [1.807, 2.05) is 60.7 Å². The maximum absolute atomic E-state index is 6.03. The second kappa shape index (κ2) is 4.53. The molecule has 2 aromatic carbocycles. The molecule has 4 N–H and O–H groups in total. The zero-order valence-electron chi connectivity index (χ0n) is 8.93. The minimum atomic E-state index is 0.617. The molecule has 0 radical (unpaired) electrons. The van der Waals surface area contributed by atoms with Gasteiger partial charge in [0.15, 0.2) is 0 Å². The van der Waals surface area contributed by atoms with Crippen LogP contribution in [0.4, 0.5) is 0 Å². The molecule has 0 aromatic heterocycles. The van der Waals surface area contributed by atoms with Gasteiger partial charge in [-0.2, -0.15) is 0 Å². The van der Waals surface area contributed by atoms with Gasteiger partial charge in [-0.05, 0) is 11.1 Å². The molecule has 0 bridgehead atoms. The Bertz CT molecular complexity index is 439. The van der Waals surface area contributed by atoms with Crippen molar-refractivity contribution in [2.24, 2.45) is 11.5 Å². The van der Waals surface area contributed by atoms with E-state index in [2.05, 4.69) is 0 Å². The van der Waals surface area contributed by atoms with Gasteiger partial charge in [0.1, 0.15) is 0 Å². The van der Waals surface area contributed by atoms with E-state index in [4.69, 9.17) is 11.5 Å². The maximum atomic E-state index is 6.03. The molecule has 2 aromatic rings. The van der Waals surface area contributed by atoms with Gasteiger partial charge in [0, 0.05) is 0 Å². The molecule has 0 aliphatic heterocycles. The van der Waals surface area contributed by atoms with Crippen LogP contribution in [0, 0.1) is 0 Å². The van der Waals surface area contributed by atoms with Gasteiger partial charge in [0.2, 0.25) is 0 Å². The van der Waals surface area contributed by atoms with Crippen LogP contribution in [0.5, 0.6) is 0 Å². The summed E-state index contributed by atoms with van der Waals surface area (Å²) in [5, 5.41) is 0. The van der Waals surface area contributed by atoms with E-state index < -0.39 is 0 Å². The lowest BCUT2D eigenvalue weighted by Gasteiger charge is -2.07. The van der Waals surface area contributed by atoms with Gasteiger partial charge in [0.25, 0.3) is 0 Å². The normalized spacial score (nSPS) is 12.0. The van der Waals surface area contributed by atoms with Gasteiger partial charge < -0.3 is 11.5 Å². The fraction of sp³-hybridized carbons (Fsp3) is 0. The first-order valence-electron chi connectivity index (χ1n) is 5.15. The van der Waals surface area contributed by atoms with Crippen LogP contribution < -0.4 is 11.5 Å². The second-order valence-corrected chi connectivity index (χ2v) is 3.56. The average molecular weight is 210 g/mol. The van der Waals surface area contributed by atoms with E-state index in [-0.39, 0.29) is 0 Å². The zero-order valence-corrected chi connectivity index (χ0v) is 8.93. The minimum absolute atomic E-state index is 0.617. The summed E-state index contributed by atoms with van der Waals surface area (Å²) < 4.78 is 0. The molecule has 0 atom stereocenters. The first kappa shape index (κ1) is 10.3. The van der Waals surface area contributed by atoms with Crippen molar-refractivity contribution < 1.29 is 0 Å². The van der Waals surface area contributed by atoms with E-state index in [1.54, 1.807) is 0 Å². The summed E-state index contributed by atoms with van der Waals surface area (Å²) in [6, 6.07) is 19.5. The number of hydrogen-bond acceptors (Lipinski definition) is 2. The van der Waals surface area contributed by atoms with E-state index >= 15 is 0 Å². The Morgan fingerprint density at radius 3 is 1.19 bits per heavy atom. The van der Waals surface area contributed by atoms with Crippen molar-refractivity contribution in [3.8, 4) is 0 Å². The van der Waals surface area contributed by atoms with Crippen molar-refractivity contribution in [1.29, 1.82) is 0 Å². The van der Waals surface area contributed by atoms with Gasteiger partial charge in [-0.15, -0.1) is 0 Å². The number of nitrogens with two attached hydrogens (primary N) is 2. The summed E-state index contributed by atoms with van der Waals surface area (Å²) in [7, 11) is 0. The Labute approximate surface area is 95.2 Å². The molecule has 2 heteroatoms. The van der Waals surface area contributed by atoms with Gasteiger partial charge in [-0.1, -0.05) is 60.7 Å². The lowest BCUT2D eigenvalue weighted by molar-refractivity contribution is 1.45. The number of hydrogen-bond donors (Lipinski definition) is 2. The molecule has 2 rings (SSSR count). The predicted octanol–water partition coefficient (Wildman–Crippen LogP) is 2.43. The van der Waals surface area contributed by atoms with Crippen LogP contribution in [-0.4, -0.2) is 0 Å². The summed E-state index contributed by atoms with van der Waals surface area (Å²) in [5.41, 5.74) is 15.2. The van der Waals surface area contributed by atoms with Crippen LogP contribution in [0.1, 0.15) is 11.1 Å². The smallest absolute Gasteiger partial charge is 0.0627 e. The van der Waals surface area contributed by atoms with E-state index in [0.29, 0.717) is 11.4 Å². The molecule has 2 nitrogen and oxygen atoms in total. The van der Waals surface area contributed by atoms with Gasteiger partial charge in [-0.3, -0.25) is 0 Å². The van der Waals surface area contributed by atoms with Crippen molar-refractivity contribution in [2.75, 3.05) is 0 Å². The zero-order chi connectivity index (χ0) is 11.4. The third-order valence-corrected chi connectivity index (χ3v) is 2.46. The highest BCUT2D eigenvalue weighted by atomic mass is 14.7. The number of rotatable bonds is 2. The SMILES string of the molecule is N/C(=C(\N)c1ccccc1)c1ccccc1. The van der Waals surface area contributed by atoms with Crippen LogP contribution in [0.3, 0.4) is 0 Å². The van der Waals surface area contributed by atoms with Crippen LogP contribution in [0.25, 0.3) is 11.4 Å².